The lowest BCUT2D eigenvalue weighted by Crippen LogP contribution is -2.18. The van der Waals surface area contributed by atoms with Crippen LogP contribution in [0.25, 0.3) is 22.3 Å². The van der Waals surface area contributed by atoms with E-state index < -0.39 is 0 Å². The number of fused-ring (bicyclic) bond motifs is 3. The predicted octanol–water partition coefficient (Wildman–Crippen LogP) is 6.62. The second kappa shape index (κ2) is 9.35. The van der Waals surface area contributed by atoms with Crippen LogP contribution in [0.3, 0.4) is 0 Å². The molecule has 4 aromatic carbocycles. The molecule has 0 unspecified atom stereocenters. The van der Waals surface area contributed by atoms with Gasteiger partial charge in [-0.2, -0.15) is 0 Å². The highest BCUT2D eigenvalue weighted by Gasteiger charge is 2.22. The van der Waals surface area contributed by atoms with Crippen molar-refractivity contribution in [3.63, 3.8) is 0 Å². The lowest BCUT2D eigenvalue weighted by molar-refractivity contribution is 0.319. The van der Waals surface area contributed by atoms with Crippen LogP contribution in [-0.2, 0) is 26.1 Å². The Kier molecular flexibility index (Phi) is 6.13. The van der Waals surface area contributed by atoms with Crippen LogP contribution in [0.15, 0.2) is 91.0 Å². The number of hydrogen-bond acceptors (Lipinski definition) is 2. The van der Waals surface area contributed by atoms with Gasteiger partial charge < -0.3 is 4.90 Å². The van der Waals surface area contributed by atoms with Crippen molar-refractivity contribution in [2.24, 2.45) is 0 Å². The molecule has 4 aromatic rings. The van der Waals surface area contributed by atoms with E-state index in [0.717, 1.165) is 26.1 Å². The molecule has 33 heavy (non-hydrogen) atoms. The van der Waals surface area contributed by atoms with Crippen LogP contribution < -0.4 is 0 Å². The van der Waals surface area contributed by atoms with E-state index in [2.05, 4.69) is 122 Å². The highest BCUT2D eigenvalue weighted by Crippen LogP contribution is 2.39. The van der Waals surface area contributed by atoms with E-state index in [0.29, 0.717) is 0 Å². The summed E-state index contributed by atoms with van der Waals surface area (Å²) in [5, 5.41) is 0. The molecule has 0 saturated carbocycles. The van der Waals surface area contributed by atoms with Gasteiger partial charge in [0.15, 0.2) is 0 Å². The first-order chi connectivity index (χ1) is 16.1. The standard InChI is InChI=1S/C31H32N2/c1-32(2)21-27-17-23(18-31-29-16-10-7-13-25(29)19-30(27)31)20-33(3)22-26-14-8-9-15-28(26)24-11-5-4-6-12-24/h4-18H,19-22H2,1-3H3. The Labute approximate surface area is 198 Å². The van der Waals surface area contributed by atoms with Crippen LogP contribution in [0.2, 0.25) is 0 Å². The van der Waals surface area contributed by atoms with Crippen LogP contribution in [0.5, 0.6) is 0 Å². The first-order valence-corrected chi connectivity index (χ1v) is 11.8. The van der Waals surface area contributed by atoms with Crippen molar-refractivity contribution in [3.05, 3.63) is 119 Å². The third-order valence-corrected chi connectivity index (χ3v) is 6.56. The molecule has 0 heterocycles. The number of benzene rings is 4. The lowest BCUT2D eigenvalue weighted by Gasteiger charge is -2.21. The Morgan fingerprint density at radius 2 is 1.30 bits per heavy atom. The molecule has 2 nitrogen and oxygen atoms in total. The van der Waals surface area contributed by atoms with Crippen molar-refractivity contribution < 1.29 is 0 Å². The van der Waals surface area contributed by atoms with Crippen molar-refractivity contribution >= 4 is 0 Å². The molecule has 5 rings (SSSR count). The quantitative estimate of drug-likeness (QED) is 0.285. The number of nitrogens with zero attached hydrogens (tertiary/aromatic N) is 2. The van der Waals surface area contributed by atoms with Crippen molar-refractivity contribution in [2.45, 2.75) is 26.1 Å². The average Bonchev–Trinajstić information content (AvgIpc) is 3.19. The fraction of sp³-hybridized carbons (Fsp3) is 0.226. The highest BCUT2D eigenvalue weighted by atomic mass is 15.1. The predicted molar refractivity (Wildman–Crippen MR) is 139 cm³/mol. The van der Waals surface area contributed by atoms with Crippen LogP contribution in [-0.4, -0.2) is 30.9 Å². The molecule has 0 fully saturated rings. The van der Waals surface area contributed by atoms with E-state index in [-0.39, 0.29) is 0 Å². The van der Waals surface area contributed by atoms with Crippen molar-refractivity contribution in [1.82, 2.24) is 9.80 Å². The molecular weight excluding hydrogens is 400 g/mol. The van der Waals surface area contributed by atoms with Gasteiger partial charge in [0.25, 0.3) is 0 Å². The van der Waals surface area contributed by atoms with Crippen molar-refractivity contribution in [2.75, 3.05) is 21.1 Å². The van der Waals surface area contributed by atoms with Gasteiger partial charge in [0.2, 0.25) is 0 Å². The van der Waals surface area contributed by atoms with Gasteiger partial charge in [-0.25, -0.2) is 0 Å². The minimum atomic E-state index is 0.918. The van der Waals surface area contributed by atoms with E-state index in [1.54, 1.807) is 0 Å². The summed E-state index contributed by atoms with van der Waals surface area (Å²) in [4.78, 5) is 4.71. The number of rotatable bonds is 7. The molecule has 0 saturated heterocycles. The molecule has 2 heteroatoms. The summed E-state index contributed by atoms with van der Waals surface area (Å²) in [6.07, 6.45) is 1.05. The normalized spacial score (nSPS) is 12.3. The molecule has 0 radical (unpaired) electrons. The number of hydrogen-bond donors (Lipinski definition) is 0. The summed E-state index contributed by atoms with van der Waals surface area (Å²) in [7, 11) is 6.55. The van der Waals surface area contributed by atoms with Gasteiger partial charge >= 0.3 is 0 Å². The molecule has 1 aliphatic rings. The van der Waals surface area contributed by atoms with Crippen LogP contribution in [0.1, 0.15) is 27.8 Å². The summed E-state index contributed by atoms with van der Waals surface area (Å²) >= 11 is 0. The first kappa shape index (κ1) is 21.6. The highest BCUT2D eigenvalue weighted by molar-refractivity contribution is 5.78. The van der Waals surface area contributed by atoms with E-state index in [1.807, 2.05) is 0 Å². The fourth-order valence-electron chi connectivity index (χ4n) is 5.16. The fourth-order valence-corrected chi connectivity index (χ4v) is 5.16. The third-order valence-electron chi connectivity index (χ3n) is 6.56. The zero-order chi connectivity index (χ0) is 22.8. The Morgan fingerprint density at radius 3 is 2.09 bits per heavy atom. The van der Waals surface area contributed by atoms with Crippen LogP contribution in [0, 0.1) is 0 Å². The summed E-state index contributed by atoms with van der Waals surface area (Å²) in [6, 6.07) is 33.2. The molecule has 0 spiro atoms. The Morgan fingerprint density at radius 1 is 0.606 bits per heavy atom. The second-order valence-corrected chi connectivity index (χ2v) is 9.55. The molecule has 0 bridgehead atoms. The first-order valence-electron chi connectivity index (χ1n) is 11.8. The SMILES string of the molecule is CN(C)Cc1cc(CN(C)Cc2ccccc2-c2ccccc2)cc2c1Cc1ccccc1-2. The van der Waals surface area contributed by atoms with Crippen molar-refractivity contribution in [1.29, 1.82) is 0 Å². The Balaban J connectivity index is 1.43. The monoisotopic (exact) mass is 432 g/mol. The molecule has 1 aliphatic carbocycles. The van der Waals surface area contributed by atoms with Crippen LogP contribution in [0.4, 0.5) is 0 Å². The van der Waals surface area contributed by atoms with E-state index in [1.165, 1.54) is 50.1 Å². The lowest BCUT2D eigenvalue weighted by atomic mass is 9.96. The second-order valence-electron chi connectivity index (χ2n) is 9.55. The van der Waals surface area contributed by atoms with Gasteiger partial charge in [0.1, 0.15) is 0 Å². The smallest absolute Gasteiger partial charge is 0.0240 e. The molecular formula is C31H32N2. The minimum absolute atomic E-state index is 0.918. The Hall–Kier alpha value is -3.20. The molecule has 0 N–H and O–H groups in total. The van der Waals surface area contributed by atoms with Crippen LogP contribution >= 0.6 is 0 Å². The van der Waals surface area contributed by atoms with Gasteiger partial charge in [-0.05, 0) is 83.7 Å². The zero-order valence-corrected chi connectivity index (χ0v) is 19.9. The van der Waals surface area contributed by atoms with Gasteiger partial charge in [-0.1, -0.05) is 84.9 Å². The van der Waals surface area contributed by atoms with Crippen molar-refractivity contribution in [3.8, 4) is 22.3 Å². The maximum atomic E-state index is 2.43. The molecule has 0 amide bonds. The average molecular weight is 433 g/mol. The molecule has 166 valence electrons. The maximum absolute atomic E-state index is 2.43. The third kappa shape index (κ3) is 4.64. The van der Waals surface area contributed by atoms with Gasteiger partial charge in [-0.15, -0.1) is 0 Å². The summed E-state index contributed by atoms with van der Waals surface area (Å²) in [5.74, 6) is 0. The molecule has 0 atom stereocenters. The maximum Gasteiger partial charge on any atom is 0.0240 e. The zero-order valence-electron chi connectivity index (χ0n) is 19.9. The van der Waals surface area contributed by atoms with Gasteiger partial charge in [0.05, 0.1) is 0 Å². The van der Waals surface area contributed by atoms with E-state index in [9.17, 15) is 0 Å². The topological polar surface area (TPSA) is 6.48 Å². The van der Waals surface area contributed by atoms with E-state index >= 15 is 0 Å². The summed E-state index contributed by atoms with van der Waals surface area (Å²) in [5.41, 5.74) is 12.6. The summed E-state index contributed by atoms with van der Waals surface area (Å²) < 4.78 is 0. The molecule has 0 aromatic heterocycles. The molecule has 0 aliphatic heterocycles. The van der Waals surface area contributed by atoms with E-state index in [4.69, 9.17) is 0 Å². The largest absolute Gasteiger partial charge is 0.305 e. The van der Waals surface area contributed by atoms with Gasteiger partial charge in [0, 0.05) is 19.6 Å². The summed E-state index contributed by atoms with van der Waals surface area (Å²) in [6.45, 7) is 2.82. The minimum Gasteiger partial charge on any atom is -0.305 e. The van der Waals surface area contributed by atoms with Gasteiger partial charge in [-0.3, -0.25) is 4.90 Å². The Bertz CT molecular complexity index is 1260.